The zero-order chi connectivity index (χ0) is 19.1. The summed E-state index contributed by atoms with van der Waals surface area (Å²) in [6.45, 7) is 5.14. The van der Waals surface area contributed by atoms with Crippen molar-refractivity contribution in [1.29, 1.82) is 0 Å². The van der Waals surface area contributed by atoms with Crippen molar-refractivity contribution in [3.63, 3.8) is 0 Å². The van der Waals surface area contributed by atoms with Gasteiger partial charge in [-0.25, -0.2) is 4.79 Å². The monoisotopic (exact) mass is 373 g/mol. The summed E-state index contributed by atoms with van der Waals surface area (Å²) < 4.78 is 12.2. The number of morpholine rings is 1. The lowest BCUT2D eigenvalue weighted by Gasteiger charge is -2.29. The lowest BCUT2D eigenvalue weighted by Crippen LogP contribution is -2.36. The summed E-state index contributed by atoms with van der Waals surface area (Å²) in [6, 6.07) is 8.17. The second-order valence-electron chi connectivity index (χ2n) is 6.54. The van der Waals surface area contributed by atoms with Crippen molar-refractivity contribution >= 4 is 17.4 Å². The minimum atomic E-state index is -0.168. The van der Waals surface area contributed by atoms with Gasteiger partial charge in [-0.1, -0.05) is 12.1 Å². The van der Waals surface area contributed by atoms with Gasteiger partial charge in [0.2, 0.25) is 0 Å². The minimum absolute atomic E-state index is 0.168. The molecule has 0 spiro atoms. The highest BCUT2D eigenvalue weighted by atomic mass is 16.5. The number of carbonyl (C=O) groups is 1. The highest BCUT2D eigenvalue weighted by Gasteiger charge is 2.13. The van der Waals surface area contributed by atoms with Gasteiger partial charge in [-0.2, -0.15) is 5.10 Å². The Bertz CT molecular complexity index is 725. The second kappa shape index (κ2) is 9.38. The van der Waals surface area contributed by atoms with Crippen molar-refractivity contribution in [2.45, 2.75) is 13.1 Å². The number of hydrogen-bond donors (Lipinski definition) is 1. The third-order valence-electron chi connectivity index (χ3n) is 4.49. The van der Waals surface area contributed by atoms with E-state index in [4.69, 9.17) is 9.47 Å². The molecular weight excluding hydrogens is 346 g/mol. The van der Waals surface area contributed by atoms with Crippen molar-refractivity contribution in [2.75, 3.05) is 57.3 Å². The van der Waals surface area contributed by atoms with E-state index in [9.17, 15) is 4.79 Å². The molecule has 2 heterocycles. The van der Waals surface area contributed by atoms with Crippen molar-refractivity contribution in [3.05, 3.63) is 42.2 Å². The van der Waals surface area contributed by atoms with Crippen LogP contribution in [0.2, 0.25) is 0 Å². The maximum Gasteiger partial charge on any atom is 0.321 e. The first-order valence-corrected chi connectivity index (χ1v) is 9.11. The van der Waals surface area contributed by atoms with Crippen LogP contribution in [-0.2, 0) is 22.6 Å². The van der Waals surface area contributed by atoms with Gasteiger partial charge >= 0.3 is 6.03 Å². The minimum Gasteiger partial charge on any atom is -0.383 e. The third kappa shape index (κ3) is 5.45. The standard InChI is InChI=1S/C19H27N5O3/c1-22(19(25)21-17-13-20-24(15-17)9-10-26-2)14-16-3-5-18(6-4-16)23-7-11-27-12-8-23/h3-6,13,15H,7-12,14H2,1-2H3,(H,21,25). The molecule has 8 heteroatoms. The molecule has 0 aliphatic carbocycles. The first-order chi connectivity index (χ1) is 13.2. The van der Waals surface area contributed by atoms with Crippen LogP contribution in [-0.4, -0.2) is 67.8 Å². The summed E-state index contributed by atoms with van der Waals surface area (Å²) in [6.07, 6.45) is 3.43. The Balaban J connectivity index is 1.50. The number of hydrogen-bond acceptors (Lipinski definition) is 5. The van der Waals surface area contributed by atoms with E-state index in [0.717, 1.165) is 31.9 Å². The molecule has 1 fully saturated rings. The summed E-state index contributed by atoms with van der Waals surface area (Å²) in [5, 5.41) is 7.06. The fraction of sp³-hybridized carbons (Fsp3) is 0.474. The average Bonchev–Trinajstić information content (AvgIpc) is 3.15. The number of amides is 2. The normalized spacial score (nSPS) is 14.2. The van der Waals surface area contributed by atoms with Crippen molar-refractivity contribution < 1.29 is 14.3 Å². The average molecular weight is 373 g/mol. The topological polar surface area (TPSA) is 71.9 Å². The number of nitrogens with one attached hydrogen (secondary N) is 1. The number of benzene rings is 1. The van der Waals surface area contributed by atoms with E-state index in [1.807, 2.05) is 0 Å². The van der Waals surface area contributed by atoms with Crippen LogP contribution < -0.4 is 10.2 Å². The fourth-order valence-corrected chi connectivity index (χ4v) is 2.93. The molecule has 8 nitrogen and oxygen atoms in total. The predicted molar refractivity (Wildman–Crippen MR) is 104 cm³/mol. The summed E-state index contributed by atoms with van der Waals surface area (Å²) in [5.41, 5.74) is 2.95. The molecule has 1 aliphatic rings. The van der Waals surface area contributed by atoms with E-state index in [1.54, 1.807) is 36.1 Å². The maximum atomic E-state index is 12.4. The van der Waals surface area contributed by atoms with Crippen molar-refractivity contribution in [1.82, 2.24) is 14.7 Å². The van der Waals surface area contributed by atoms with Crippen LogP contribution in [0.4, 0.5) is 16.2 Å². The predicted octanol–water partition coefficient (Wildman–Crippen LogP) is 2.03. The summed E-state index contributed by atoms with van der Waals surface area (Å²) in [7, 11) is 3.43. The molecule has 1 saturated heterocycles. The molecule has 1 aromatic heterocycles. The summed E-state index contributed by atoms with van der Waals surface area (Å²) in [5.74, 6) is 0. The zero-order valence-electron chi connectivity index (χ0n) is 15.9. The first kappa shape index (κ1) is 19.2. The maximum absolute atomic E-state index is 12.4. The van der Waals surface area contributed by atoms with E-state index in [-0.39, 0.29) is 6.03 Å². The van der Waals surface area contributed by atoms with Gasteiger partial charge in [0.1, 0.15) is 0 Å². The molecule has 1 aliphatic heterocycles. The molecule has 0 saturated carbocycles. The smallest absolute Gasteiger partial charge is 0.321 e. The Kier molecular flexibility index (Phi) is 6.67. The number of rotatable bonds is 7. The van der Waals surface area contributed by atoms with Gasteiger partial charge in [0, 0.05) is 45.7 Å². The van der Waals surface area contributed by atoms with Crippen LogP contribution >= 0.6 is 0 Å². The molecule has 27 heavy (non-hydrogen) atoms. The van der Waals surface area contributed by atoms with Gasteiger partial charge in [0.25, 0.3) is 0 Å². The fourth-order valence-electron chi connectivity index (χ4n) is 2.93. The van der Waals surface area contributed by atoms with Crippen LogP contribution in [0.1, 0.15) is 5.56 Å². The van der Waals surface area contributed by atoms with E-state index >= 15 is 0 Å². The molecule has 146 valence electrons. The van der Waals surface area contributed by atoms with Gasteiger partial charge in [-0.05, 0) is 17.7 Å². The van der Waals surface area contributed by atoms with Gasteiger partial charge in [0.05, 0.1) is 38.2 Å². The van der Waals surface area contributed by atoms with E-state index < -0.39 is 0 Å². The summed E-state index contributed by atoms with van der Waals surface area (Å²) >= 11 is 0. The number of aromatic nitrogens is 2. The summed E-state index contributed by atoms with van der Waals surface area (Å²) in [4.78, 5) is 16.3. The highest BCUT2D eigenvalue weighted by Crippen LogP contribution is 2.17. The Labute approximate surface area is 159 Å². The molecule has 0 radical (unpaired) electrons. The molecule has 1 aromatic carbocycles. The van der Waals surface area contributed by atoms with Gasteiger partial charge in [-0.3, -0.25) is 4.68 Å². The number of ether oxygens (including phenoxy) is 2. The molecule has 2 aromatic rings. The Hall–Kier alpha value is -2.58. The molecule has 0 atom stereocenters. The van der Waals surface area contributed by atoms with Gasteiger partial charge < -0.3 is 24.6 Å². The highest BCUT2D eigenvalue weighted by molar-refractivity contribution is 5.88. The molecule has 1 N–H and O–H groups in total. The van der Waals surface area contributed by atoms with Crippen LogP contribution in [0.15, 0.2) is 36.7 Å². The molecular formula is C19H27N5O3. The molecule has 2 amide bonds. The zero-order valence-corrected chi connectivity index (χ0v) is 15.9. The number of methoxy groups -OCH3 is 1. The lowest BCUT2D eigenvalue weighted by molar-refractivity contribution is 0.122. The number of carbonyl (C=O) groups excluding carboxylic acids is 1. The van der Waals surface area contributed by atoms with Crippen molar-refractivity contribution in [2.24, 2.45) is 0 Å². The van der Waals surface area contributed by atoms with Crippen LogP contribution in [0, 0.1) is 0 Å². The van der Waals surface area contributed by atoms with Crippen LogP contribution in [0.25, 0.3) is 0 Å². The van der Waals surface area contributed by atoms with E-state index in [1.165, 1.54) is 5.69 Å². The Morgan fingerprint density at radius 2 is 2.04 bits per heavy atom. The Morgan fingerprint density at radius 1 is 1.30 bits per heavy atom. The molecule has 3 rings (SSSR count). The molecule has 0 bridgehead atoms. The quantitative estimate of drug-likeness (QED) is 0.804. The third-order valence-corrected chi connectivity index (χ3v) is 4.49. The largest absolute Gasteiger partial charge is 0.383 e. The van der Waals surface area contributed by atoms with Crippen molar-refractivity contribution in [3.8, 4) is 0 Å². The van der Waals surface area contributed by atoms with Gasteiger partial charge in [-0.15, -0.1) is 0 Å². The van der Waals surface area contributed by atoms with Crippen LogP contribution in [0.5, 0.6) is 0 Å². The Morgan fingerprint density at radius 3 is 2.74 bits per heavy atom. The molecule has 0 unspecified atom stereocenters. The van der Waals surface area contributed by atoms with E-state index in [0.29, 0.717) is 25.4 Å². The number of nitrogens with zero attached hydrogens (tertiary/aromatic N) is 4. The van der Waals surface area contributed by atoms with Gasteiger partial charge in [0.15, 0.2) is 0 Å². The van der Waals surface area contributed by atoms with E-state index in [2.05, 4.69) is 39.6 Å². The van der Waals surface area contributed by atoms with Crippen LogP contribution in [0.3, 0.4) is 0 Å². The lowest BCUT2D eigenvalue weighted by atomic mass is 10.2. The number of anilines is 2. The number of urea groups is 1. The first-order valence-electron chi connectivity index (χ1n) is 9.11. The second-order valence-corrected chi connectivity index (χ2v) is 6.54. The SMILES string of the molecule is COCCn1cc(NC(=O)N(C)Cc2ccc(N3CCOCC3)cc2)cn1.